The van der Waals surface area contributed by atoms with Crippen LogP contribution in [0.2, 0.25) is 0 Å². The molecule has 5 nitrogen and oxygen atoms in total. The first-order valence-corrected chi connectivity index (χ1v) is 8.29. The summed E-state index contributed by atoms with van der Waals surface area (Å²) in [5, 5.41) is 12.3. The highest BCUT2D eigenvalue weighted by Crippen LogP contribution is 2.22. The number of benzene rings is 1. The lowest BCUT2D eigenvalue weighted by atomic mass is 10.0. The van der Waals surface area contributed by atoms with Crippen molar-refractivity contribution in [3.8, 4) is 0 Å². The number of carbonyl (C=O) groups is 1. The quantitative estimate of drug-likeness (QED) is 0.892. The summed E-state index contributed by atoms with van der Waals surface area (Å²) in [6.45, 7) is 1.69. The van der Waals surface area contributed by atoms with Crippen LogP contribution in [-0.2, 0) is 0 Å². The molecule has 2 aliphatic rings. The lowest BCUT2D eigenvalue weighted by Crippen LogP contribution is -2.51. The van der Waals surface area contributed by atoms with Crippen LogP contribution in [0.25, 0.3) is 0 Å². The molecular weight excluding hydrogens is 297 g/mol. The van der Waals surface area contributed by atoms with Gasteiger partial charge < -0.3 is 20.2 Å². The number of carbonyl (C=O) groups excluding carboxylic acids is 1. The van der Waals surface area contributed by atoms with Crippen molar-refractivity contribution in [3.05, 3.63) is 30.3 Å². The molecule has 6 heteroatoms. The van der Waals surface area contributed by atoms with Crippen LogP contribution in [0.5, 0.6) is 0 Å². The Morgan fingerprint density at radius 3 is 2.61 bits per heavy atom. The molecule has 0 aromatic heterocycles. The van der Waals surface area contributed by atoms with Crippen molar-refractivity contribution in [2.75, 3.05) is 31.1 Å². The molecule has 23 heavy (non-hydrogen) atoms. The number of rotatable bonds is 3. The second kappa shape index (κ2) is 7.17. The number of nitrogens with one attached hydrogen (secondary N) is 1. The number of nitrogens with zero attached hydrogens (tertiary/aromatic N) is 2. The number of para-hydroxylation sites is 1. The Bertz CT molecular complexity index is 520. The van der Waals surface area contributed by atoms with Gasteiger partial charge in [-0.05, 0) is 25.0 Å². The first-order valence-electron chi connectivity index (χ1n) is 8.29. The second-order valence-electron chi connectivity index (χ2n) is 6.37. The minimum Gasteiger partial charge on any atom is -0.394 e. The summed E-state index contributed by atoms with van der Waals surface area (Å²) in [4.78, 5) is 16.1. The van der Waals surface area contributed by atoms with E-state index in [1.807, 2.05) is 18.2 Å². The number of hydrogen-bond acceptors (Lipinski definition) is 3. The largest absolute Gasteiger partial charge is 0.394 e. The number of anilines is 1. The average Bonchev–Trinajstić information content (AvgIpc) is 2.97. The molecule has 126 valence electrons. The number of likely N-dealkylation sites (tertiary alicyclic amines) is 1. The van der Waals surface area contributed by atoms with Crippen molar-refractivity contribution >= 4 is 11.7 Å². The first kappa shape index (κ1) is 16.1. The number of alkyl halides is 1. The Morgan fingerprint density at radius 1 is 1.26 bits per heavy atom. The van der Waals surface area contributed by atoms with E-state index in [0.29, 0.717) is 0 Å². The number of aliphatic hydroxyl groups excluding tert-OH is 1. The lowest BCUT2D eigenvalue weighted by Gasteiger charge is -2.35. The predicted octanol–water partition coefficient (Wildman–Crippen LogP) is 1.77. The summed E-state index contributed by atoms with van der Waals surface area (Å²) in [6.07, 6.45) is 0.947. The number of halogens is 1. The van der Waals surface area contributed by atoms with E-state index < -0.39 is 12.2 Å². The molecule has 1 aromatic carbocycles. The van der Waals surface area contributed by atoms with Crippen LogP contribution in [0.3, 0.4) is 0 Å². The van der Waals surface area contributed by atoms with Crippen molar-refractivity contribution in [2.45, 2.75) is 37.5 Å². The van der Waals surface area contributed by atoms with Gasteiger partial charge in [-0.15, -0.1) is 0 Å². The second-order valence-corrected chi connectivity index (χ2v) is 6.37. The summed E-state index contributed by atoms with van der Waals surface area (Å²) in [5.74, 6) is 0. The van der Waals surface area contributed by atoms with E-state index in [-0.39, 0.29) is 31.6 Å². The van der Waals surface area contributed by atoms with E-state index in [2.05, 4.69) is 22.3 Å². The highest BCUT2D eigenvalue weighted by atomic mass is 19.1. The molecule has 2 fully saturated rings. The number of aliphatic hydroxyl groups is 1. The van der Waals surface area contributed by atoms with Crippen LogP contribution in [0, 0.1) is 0 Å². The van der Waals surface area contributed by atoms with Crippen LogP contribution >= 0.6 is 0 Å². The third-order valence-electron chi connectivity index (χ3n) is 4.78. The zero-order valence-electron chi connectivity index (χ0n) is 13.2. The molecule has 2 atom stereocenters. The Balaban J connectivity index is 1.50. The molecule has 0 radical (unpaired) electrons. The van der Waals surface area contributed by atoms with Gasteiger partial charge in [-0.2, -0.15) is 0 Å². The van der Waals surface area contributed by atoms with Crippen molar-refractivity contribution in [1.82, 2.24) is 10.2 Å². The van der Waals surface area contributed by atoms with E-state index in [1.54, 1.807) is 0 Å². The lowest BCUT2D eigenvalue weighted by molar-refractivity contribution is 0.153. The van der Waals surface area contributed by atoms with Crippen molar-refractivity contribution in [3.63, 3.8) is 0 Å². The number of hydrogen-bond donors (Lipinski definition) is 2. The van der Waals surface area contributed by atoms with Crippen LogP contribution in [-0.4, -0.2) is 60.5 Å². The van der Waals surface area contributed by atoms with Crippen molar-refractivity contribution in [2.24, 2.45) is 0 Å². The maximum absolute atomic E-state index is 13.4. The van der Waals surface area contributed by atoms with Crippen molar-refractivity contribution < 1.29 is 14.3 Å². The summed E-state index contributed by atoms with van der Waals surface area (Å²) >= 11 is 0. The molecule has 2 saturated heterocycles. The number of amides is 2. The molecule has 2 heterocycles. The molecule has 2 aliphatic heterocycles. The van der Waals surface area contributed by atoms with Gasteiger partial charge in [0.2, 0.25) is 0 Å². The third-order valence-corrected chi connectivity index (χ3v) is 4.78. The molecule has 3 rings (SSSR count). The molecule has 2 N–H and O–H groups in total. The fourth-order valence-corrected chi connectivity index (χ4v) is 3.46. The highest BCUT2D eigenvalue weighted by Gasteiger charge is 2.35. The molecule has 0 aliphatic carbocycles. The van der Waals surface area contributed by atoms with Crippen LogP contribution in [0.15, 0.2) is 30.3 Å². The topological polar surface area (TPSA) is 55.8 Å². The Kier molecular flexibility index (Phi) is 5.00. The summed E-state index contributed by atoms with van der Waals surface area (Å²) < 4.78 is 13.4. The zero-order chi connectivity index (χ0) is 16.2. The summed E-state index contributed by atoms with van der Waals surface area (Å²) in [6, 6.07) is 9.71. The Labute approximate surface area is 136 Å². The minimum absolute atomic E-state index is 0.0833. The van der Waals surface area contributed by atoms with E-state index >= 15 is 0 Å². The fraction of sp³-hybridized carbons (Fsp3) is 0.588. The molecular formula is C17H24FN3O2. The maximum atomic E-state index is 13.4. The summed E-state index contributed by atoms with van der Waals surface area (Å²) in [7, 11) is 0. The minimum atomic E-state index is -1.03. The molecule has 0 bridgehead atoms. The van der Waals surface area contributed by atoms with Gasteiger partial charge in [0, 0.05) is 31.2 Å². The Morgan fingerprint density at radius 2 is 1.96 bits per heavy atom. The highest BCUT2D eigenvalue weighted by molar-refractivity contribution is 5.75. The van der Waals surface area contributed by atoms with Gasteiger partial charge >= 0.3 is 6.03 Å². The molecule has 2 amide bonds. The van der Waals surface area contributed by atoms with Gasteiger partial charge in [0.25, 0.3) is 0 Å². The van der Waals surface area contributed by atoms with Gasteiger partial charge in [0.15, 0.2) is 0 Å². The predicted molar refractivity (Wildman–Crippen MR) is 87.3 cm³/mol. The van der Waals surface area contributed by atoms with Gasteiger partial charge in [0.1, 0.15) is 6.17 Å². The SMILES string of the molecule is O=C(NC1CCN(c2ccccc2)CC1)N1CC(F)CC1CO. The molecule has 0 saturated carbocycles. The van der Waals surface area contributed by atoms with E-state index in [1.165, 1.54) is 10.6 Å². The van der Waals surface area contributed by atoms with Gasteiger partial charge in [-0.25, -0.2) is 9.18 Å². The number of urea groups is 1. The summed E-state index contributed by atoms with van der Waals surface area (Å²) in [5.41, 5.74) is 1.21. The molecule has 0 spiro atoms. The van der Waals surface area contributed by atoms with E-state index in [0.717, 1.165) is 25.9 Å². The van der Waals surface area contributed by atoms with E-state index in [9.17, 15) is 14.3 Å². The zero-order valence-corrected chi connectivity index (χ0v) is 13.2. The normalized spacial score (nSPS) is 25.7. The van der Waals surface area contributed by atoms with Gasteiger partial charge in [-0.3, -0.25) is 0 Å². The first-order chi connectivity index (χ1) is 11.2. The Hall–Kier alpha value is -1.82. The molecule has 2 unspecified atom stereocenters. The fourth-order valence-electron chi connectivity index (χ4n) is 3.46. The van der Waals surface area contributed by atoms with Crippen LogP contribution in [0.4, 0.5) is 14.9 Å². The molecule has 1 aromatic rings. The number of piperidine rings is 1. The van der Waals surface area contributed by atoms with Crippen LogP contribution < -0.4 is 10.2 Å². The van der Waals surface area contributed by atoms with E-state index in [4.69, 9.17) is 0 Å². The smallest absolute Gasteiger partial charge is 0.318 e. The maximum Gasteiger partial charge on any atom is 0.318 e. The monoisotopic (exact) mass is 321 g/mol. The average molecular weight is 321 g/mol. The standard InChI is InChI=1S/C17H24FN3O2/c18-13-10-16(12-22)21(11-13)17(23)19-14-6-8-20(9-7-14)15-4-2-1-3-5-15/h1-5,13-14,16,22H,6-12H2,(H,19,23). The van der Waals surface area contributed by atoms with Crippen molar-refractivity contribution in [1.29, 1.82) is 0 Å². The third kappa shape index (κ3) is 3.75. The van der Waals surface area contributed by atoms with Gasteiger partial charge in [-0.1, -0.05) is 18.2 Å². The van der Waals surface area contributed by atoms with Crippen LogP contribution in [0.1, 0.15) is 19.3 Å². The van der Waals surface area contributed by atoms with Gasteiger partial charge in [0.05, 0.1) is 19.2 Å².